The number of halogens is 1. The highest BCUT2D eigenvalue weighted by Gasteiger charge is 2.57. The van der Waals surface area contributed by atoms with Crippen molar-refractivity contribution in [3.63, 3.8) is 0 Å². The van der Waals surface area contributed by atoms with Crippen molar-refractivity contribution in [1.29, 1.82) is 15.9 Å². The van der Waals surface area contributed by atoms with E-state index in [0.29, 0.717) is 34.2 Å². The van der Waals surface area contributed by atoms with Crippen molar-refractivity contribution in [1.82, 2.24) is 4.98 Å². The Labute approximate surface area is 349 Å². The third kappa shape index (κ3) is 16.9. The zero-order valence-electron chi connectivity index (χ0n) is 34.1. The van der Waals surface area contributed by atoms with Crippen molar-refractivity contribution in [3.05, 3.63) is 57.9 Å². The maximum absolute atomic E-state index is 13.0. The van der Waals surface area contributed by atoms with E-state index in [-0.39, 0.29) is 18.9 Å². The molecule has 1 aromatic carbocycles. The number of nitriles is 2. The van der Waals surface area contributed by atoms with Crippen molar-refractivity contribution >= 4 is 31.5 Å². The van der Waals surface area contributed by atoms with Gasteiger partial charge in [0.25, 0.3) is 0 Å². The molecule has 6 atom stereocenters. The minimum Gasteiger partial charge on any atom is -0.387 e. The van der Waals surface area contributed by atoms with E-state index in [4.69, 9.17) is 40.3 Å². The number of phosphoric ester groups is 1. The number of aliphatic hydroxyl groups is 2. The fraction of sp³-hybridized carbons (Fsp3) is 0.667. The summed E-state index contributed by atoms with van der Waals surface area (Å²) in [7, 11) is -4.78. The molecule has 3 rings (SSSR count). The number of rotatable bonds is 31. The van der Waals surface area contributed by atoms with Gasteiger partial charge in [-0.25, -0.2) is 9.56 Å². The van der Waals surface area contributed by atoms with Crippen LogP contribution < -0.4 is 0 Å². The molecule has 0 bridgehead atoms. The SMILES string of the molecule is CCCCCCCCCCCCCCCCCCOC[C@H](COP(=O)(O)OC[C@H]1O[C@@](C#N)(c2ccc(C(C)=NC=N)[nH]2)[C@H](O)[C@@H]1O)OCc1cc(Cl)cc(C#N)c1. The van der Waals surface area contributed by atoms with Crippen LogP contribution >= 0.6 is 19.4 Å². The second kappa shape index (κ2) is 27.0. The number of benzene rings is 1. The molecule has 1 aromatic heterocycles. The van der Waals surface area contributed by atoms with Crippen molar-refractivity contribution in [2.45, 2.75) is 153 Å². The van der Waals surface area contributed by atoms with Crippen LogP contribution in [0.4, 0.5) is 0 Å². The molecule has 58 heavy (non-hydrogen) atoms. The Morgan fingerprint density at radius 3 is 2.19 bits per heavy atom. The predicted molar refractivity (Wildman–Crippen MR) is 223 cm³/mol. The number of unbranched alkanes of at least 4 members (excludes halogenated alkanes) is 15. The maximum Gasteiger partial charge on any atom is 0.472 e. The van der Waals surface area contributed by atoms with Gasteiger partial charge in [0.2, 0.25) is 5.60 Å². The molecule has 2 aromatic rings. The minimum absolute atomic E-state index is 0.0195. The lowest BCUT2D eigenvalue weighted by molar-refractivity contribution is -0.0682. The fourth-order valence-electron chi connectivity index (χ4n) is 6.83. The van der Waals surface area contributed by atoms with Crippen LogP contribution in [0.25, 0.3) is 0 Å². The molecule has 1 aliphatic rings. The first kappa shape index (κ1) is 49.4. The average molecular weight is 848 g/mol. The Kier molecular flexibility index (Phi) is 23.0. The quantitative estimate of drug-likeness (QED) is 0.0209. The first-order valence-corrected chi connectivity index (χ1v) is 22.5. The number of ether oxygens (including phenoxy) is 3. The zero-order chi connectivity index (χ0) is 42.2. The van der Waals surface area contributed by atoms with Crippen LogP contribution in [0.15, 0.2) is 35.3 Å². The van der Waals surface area contributed by atoms with E-state index in [1.54, 1.807) is 25.1 Å². The minimum atomic E-state index is -4.78. The van der Waals surface area contributed by atoms with Crippen LogP contribution in [0.3, 0.4) is 0 Å². The van der Waals surface area contributed by atoms with Gasteiger partial charge < -0.3 is 34.3 Å². The Morgan fingerprint density at radius 1 is 0.983 bits per heavy atom. The molecule has 1 aliphatic heterocycles. The number of aliphatic imine (C=N–C) groups is 1. The molecular formula is C42H63ClN5O9P. The largest absolute Gasteiger partial charge is 0.472 e. The standard InChI is InChI=1S/C42H63ClN5O9P/c1-3-4-5-6-7-8-9-10-11-12-13-14-15-16-17-18-21-53-27-36(54-26-34-22-33(25-44)23-35(43)24-34)28-55-58(51,52)56-29-38-40(49)41(50)42(30-45,57-38)39-20-19-37(48-39)32(2)47-31-46/h19-20,22-24,31,36,38,40-41,46,48-50H,3-18,21,26-29H2,1-2H3,(H,51,52)/t36-,38-,40-,41-,42+/m1/s1. The van der Waals surface area contributed by atoms with Gasteiger partial charge in [0, 0.05) is 11.6 Å². The summed E-state index contributed by atoms with van der Waals surface area (Å²) in [6.45, 7) is 3.33. The number of H-pyrrole nitrogens is 1. The monoisotopic (exact) mass is 847 g/mol. The van der Waals surface area contributed by atoms with Crippen LogP contribution in [0.2, 0.25) is 5.02 Å². The molecule has 2 heterocycles. The van der Waals surface area contributed by atoms with Crippen molar-refractivity contribution in [3.8, 4) is 12.1 Å². The zero-order valence-corrected chi connectivity index (χ0v) is 35.7. The molecule has 0 spiro atoms. The topological polar surface area (TPSA) is 223 Å². The van der Waals surface area contributed by atoms with E-state index in [1.807, 2.05) is 12.1 Å². The molecule has 1 saturated heterocycles. The van der Waals surface area contributed by atoms with E-state index < -0.39 is 51.1 Å². The molecule has 1 fully saturated rings. The highest BCUT2D eigenvalue weighted by Crippen LogP contribution is 2.46. The van der Waals surface area contributed by atoms with E-state index in [0.717, 1.165) is 25.6 Å². The summed E-state index contributed by atoms with van der Waals surface area (Å²) < 4.78 is 41.1. The second-order valence-electron chi connectivity index (χ2n) is 14.9. The number of hydrogen-bond acceptors (Lipinski definition) is 11. The highest BCUT2D eigenvalue weighted by molar-refractivity contribution is 7.47. The maximum atomic E-state index is 13.0. The van der Waals surface area contributed by atoms with E-state index in [1.165, 1.54) is 95.6 Å². The summed E-state index contributed by atoms with van der Waals surface area (Å²) in [4.78, 5) is 17.4. The Balaban J connectivity index is 1.44. The first-order valence-electron chi connectivity index (χ1n) is 20.7. The summed E-state index contributed by atoms with van der Waals surface area (Å²) in [6.07, 6.45) is 15.5. The lowest BCUT2D eigenvalue weighted by Gasteiger charge is -2.23. The molecule has 0 amide bonds. The third-order valence-electron chi connectivity index (χ3n) is 10.2. The number of hydrogen-bond donors (Lipinski definition) is 5. The molecule has 0 radical (unpaired) electrons. The molecule has 1 unspecified atom stereocenters. The summed E-state index contributed by atoms with van der Waals surface area (Å²) >= 11 is 6.16. The van der Waals surface area contributed by atoms with Crippen molar-refractivity contribution in [2.24, 2.45) is 4.99 Å². The van der Waals surface area contributed by atoms with Gasteiger partial charge in [-0.15, -0.1) is 0 Å². The lowest BCUT2D eigenvalue weighted by atomic mass is 9.93. The van der Waals surface area contributed by atoms with E-state index in [9.17, 15) is 30.2 Å². The van der Waals surface area contributed by atoms with Crippen molar-refractivity contribution in [2.75, 3.05) is 26.4 Å². The first-order chi connectivity index (χ1) is 28.0. The van der Waals surface area contributed by atoms with Crippen LogP contribution in [-0.2, 0) is 40.0 Å². The van der Waals surface area contributed by atoms with Crippen molar-refractivity contribution < 1.29 is 42.9 Å². The van der Waals surface area contributed by atoms with Crippen LogP contribution in [0.1, 0.15) is 139 Å². The van der Waals surface area contributed by atoms with Crippen LogP contribution in [0, 0.1) is 28.1 Å². The third-order valence-corrected chi connectivity index (χ3v) is 11.4. The Morgan fingerprint density at radius 2 is 1.60 bits per heavy atom. The van der Waals surface area contributed by atoms with Crippen LogP contribution in [0.5, 0.6) is 0 Å². The van der Waals surface area contributed by atoms with Crippen LogP contribution in [-0.4, -0.2) is 83.0 Å². The molecule has 322 valence electrons. The number of aromatic nitrogens is 1. The molecule has 5 N–H and O–H groups in total. The van der Waals surface area contributed by atoms with Gasteiger partial charge in [-0.05, 0) is 49.2 Å². The number of aromatic amines is 1. The Bertz CT molecular complexity index is 1680. The number of nitrogens with one attached hydrogen (secondary N) is 2. The molecule has 0 saturated carbocycles. The number of nitrogens with zero attached hydrogens (tertiary/aromatic N) is 3. The summed E-state index contributed by atoms with van der Waals surface area (Å²) in [5.74, 6) is 0. The molecule has 16 heteroatoms. The Hall–Kier alpha value is -2.98. The molecule has 14 nitrogen and oxygen atoms in total. The van der Waals surface area contributed by atoms with Gasteiger partial charge in [0.15, 0.2) is 0 Å². The van der Waals surface area contributed by atoms with E-state index >= 15 is 0 Å². The smallest absolute Gasteiger partial charge is 0.387 e. The highest BCUT2D eigenvalue weighted by atomic mass is 35.5. The normalized spacial score (nSPS) is 21.0. The summed E-state index contributed by atoms with van der Waals surface area (Å²) in [5, 5.41) is 48.6. The number of aliphatic hydroxyl groups excluding tert-OH is 2. The second-order valence-corrected chi connectivity index (χ2v) is 16.8. The summed E-state index contributed by atoms with van der Waals surface area (Å²) in [6, 6.07) is 11.8. The molecular weight excluding hydrogens is 785 g/mol. The fourth-order valence-corrected chi connectivity index (χ4v) is 7.85. The predicted octanol–water partition coefficient (Wildman–Crippen LogP) is 8.79. The summed E-state index contributed by atoms with van der Waals surface area (Å²) in [5.41, 5.74) is -0.0641. The molecule has 0 aliphatic carbocycles. The number of phosphoric acid groups is 1. The van der Waals surface area contributed by atoms with Gasteiger partial charge in [-0.3, -0.25) is 14.5 Å². The van der Waals surface area contributed by atoms with Gasteiger partial charge in [-0.2, -0.15) is 10.5 Å². The average Bonchev–Trinajstić information content (AvgIpc) is 3.80. The van der Waals surface area contributed by atoms with E-state index in [2.05, 4.69) is 16.9 Å². The van der Waals surface area contributed by atoms with Gasteiger partial charge >= 0.3 is 7.82 Å². The van der Waals surface area contributed by atoms with Gasteiger partial charge in [0.1, 0.15) is 36.8 Å². The van der Waals surface area contributed by atoms with Gasteiger partial charge in [0.05, 0.1) is 55.2 Å². The lowest BCUT2D eigenvalue weighted by Crippen LogP contribution is -2.40. The van der Waals surface area contributed by atoms with Gasteiger partial charge in [-0.1, -0.05) is 115 Å².